The Labute approximate surface area is 167 Å². The lowest BCUT2D eigenvalue weighted by Crippen LogP contribution is -2.67. The van der Waals surface area contributed by atoms with Crippen LogP contribution in [0.4, 0.5) is 0 Å². The number of benzene rings is 1. The number of nitrogens with one attached hydrogen (secondary N) is 1. The number of rotatable bonds is 3. The summed E-state index contributed by atoms with van der Waals surface area (Å²) in [4.78, 5) is 42.3. The monoisotopic (exact) mass is 395 g/mol. The number of piperidine rings is 1. The van der Waals surface area contributed by atoms with Crippen LogP contribution in [-0.4, -0.2) is 60.6 Å². The summed E-state index contributed by atoms with van der Waals surface area (Å²) in [6, 6.07) is 12.7. The molecule has 150 valence electrons. The van der Waals surface area contributed by atoms with Gasteiger partial charge in [0.25, 0.3) is 5.91 Å². The van der Waals surface area contributed by atoms with E-state index in [9.17, 15) is 14.4 Å². The molecule has 4 rings (SSSR count). The molecule has 2 amide bonds. The first-order chi connectivity index (χ1) is 14.0. The second-order valence-electron chi connectivity index (χ2n) is 7.11. The molecule has 2 aliphatic heterocycles. The van der Waals surface area contributed by atoms with E-state index in [1.54, 1.807) is 4.90 Å². The highest BCUT2D eigenvalue weighted by Crippen LogP contribution is 2.37. The summed E-state index contributed by atoms with van der Waals surface area (Å²) in [5.74, 6) is -0.915. The minimum atomic E-state index is -0.657. The SMILES string of the molecule is COC(=O)c1ccc(C(=O)N2CC[C@@]3(c4ccccc4)NC(=O)CO[C@@H]3C2)nc1. The zero-order chi connectivity index (χ0) is 20.4. The predicted molar refractivity (Wildman–Crippen MR) is 102 cm³/mol. The predicted octanol–water partition coefficient (Wildman–Crippen LogP) is 1.12. The number of fused-ring (bicyclic) bond motifs is 1. The van der Waals surface area contributed by atoms with Crippen LogP contribution in [-0.2, 0) is 19.8 Å². The molecule has 2 atom stereocenters. The first-order valence-corrected chi connectivity index (χ1v) is 9.35. The second kappa shape index (κ2) is 7.63. The number of pyridine rings is 1. The van der Waals surface area contributed by atoms with E-state index in [0.29, 0.717) is 19.5 Å². The first-order valence-electron chi connectivity index (χ1n) is 9.35. The number of morpholine rings is 1. The van der Waals surface area contributed by atoms with E-state index in [1.165, 1.54) is 25.4 Å². The third-order valence-corrected chi connectivity index (χ3v) is 5.47. The number of aromatic nitrogens is 1. The van der Waals surface area contributed by atoms with E-state index in [1.807, 2.05) is 30.3 Å². The minimum Gasteiger partial charge on any atom is -0.465 e. The van der Waals surface area contributed by atoms with Gasteiger partial charge in [-0.15, -0.1) is 0 Å². The standard InChI is InChI=1S/C21H21N3O5/c1-28-20(27)14-7-8-16(22-11-14)19(26)24-10-9-21(15-5-3-2-4-6-15)17(12-24)29-13-18(25)23-21/h2-8,11,17H,9-10,12-13H2,1H3,(H,23,25)/t17-,21+/m1/s1. The molecular formula is C21H21N3O5. The van der Waals surface area contributed by atoms with Crippen molar-refractivity contribution < 1.29 is 23.9 Å². The van der Waals surface area contributed by atoms with E-state index < -0.39 is 11.5 Å². The lowest BCUT2D eigenvalue weighted by molar-refractivity contribution is -0.150. The molecule has 2 saturated heterocycles. The summed E-state index contributed by atoms with van der Waals surface area (Å²) in [5.41, 5.74) is 0.828. The number of ether oxygens (including phenoxy) is 2. The number of esters is 1. The number of carbonyl (C=O) groups excluding carboxylic acids is 3. The third-order valence-electron chi connectivity index (χ3n) is 5.47. The molecule has 0 radical (unpaired) electrons. The van der Waals surface area contributed by atoms with Crippen molar-refractivity contribution in [3.05, 3.63) is 65.5 Å². The van der Waals surface area contributed by atoms with Crippen LogP contribution in [0.1, 0.15) is 32.8 Å². The van der Waals surface area contributed by atoms with E-state index in [-0.39, 0.29) is 35.8 Å². The van der Waals surface area contributed by atoms with Gasteiger partial charge in [-0.3, -0.25) is 14.6 Å². The molecule has 1 aromatic carbocycles. The highest BCUT2D eigenvalue weighted by molar-refractivity contribution is 5.94. The van der Waals surface area contributed by atoms with Crippen LogP contribution in [0, 0.1) is 0 Å². The van der Waals surface area contributed by atoms with E-state index in [4.69, 9.17) is 4.74 Å². The molecule has 2 aromatic rings. The van der Waals surface area contributed by atoms with Crippen molar-refractivity contribution in [2.24, 2.45) is 0 Å². The maximum atomic E-state index is 12.9. The molecule has 0 spiro atoms. The van der Waals surface area contributed by atoms with Crippen molar-refractivity contribution in [1.29, 1.82) is 0 Å². The number of likely N-dealkylation sites (tertiary alicyclic amines) is 1. The molecule has 8 heteroatoms. The van der Waals surface area contributed by atoms with Gasteiger partial charge >= 0.3 is 5.97 Å². The Morgan fingerprint density at radius 2 is 2.03 bits per heavy atom. The van der Waals surface area contributed by atoms with Gasteiger partial charge in [0, 0.05) is 19.3 Å². The van der Waals surface area contributed by atoms with Crippen LogP contribution < -0.4 is 5.32 Å². The van der Waals surface area contributed by atoms with Gasteiger partial charge in [-0.1, -0.05) is 30.3 Å². The van der Waals surface area contributed by atoms with E-state index in [0.717, 1.165) is 5.56 Å². The zero-order valence-electron chi connectivity index (χ0n) is 16.0. The molecule has 0 unspecified atom stereocenters. The molecule has 29 heavy (non-hydrogen) atoms. The Kier molecular flexibility index (Phi) is 5.02. The fourth-order valence-corrected chi connectivity index (χ4v) is 3.96. The molecule has 2 fully saturated rings. The van der Waals surface area contributed by atoms with Crippen LogP contribution in [0.3, 0.4) is 0 Å². The molecule has 0 bridgehead atoms. The van der Waals surface area contributed by atoms with Gasteiger partial charge in [-0.05, 0) is 24.1 Å². The lowest BCUT2D eigenvalue weighted by Gasteiger charge is -2.50. The molecule has 1 N–H and O–H groups in total. The number of amides is 2. The van der Waals surface area contributed by atoms with Crippen LogP contribution >= 0.6 is 0 Å². The fourth-order valence-electron chi connectivity index (χ4n) is 3.96. The third kappa shape index (κ3) is 3.47. The van der Waals surface area contributed by atoms with Crippen molar-refractivity contribution >= 4 is 17.8 Å². The summed E-state index contributed by atoms with van der Waals surface area (Å²) >= 11 is 0. The van der Waals surface area contributed by atoms with Crippen LogP contribution in [0.2, 0.25) is 0 Å². The summed E-state index contributed by atoms with van der Waals surface area (Å²) < 4.78 is 10.5. The number of methoxy groups -OCH3 is 1. The Hall–Kier alpha value is -3.26. The van der Waals surface area contributed by atoms with Gasteiger partial charge in [0.15, 0.2) is 0 Å². The smallest absolute Gasteiger partial charge is 0.339 e. The average Bonchev–Trinajstić information content (AvgIpc) is 2.78. The maximum absolute atomic E-state index is 12.9. The number of carbonyl (C=O) groups is 3. The van der Waals surface area contributed by atoms with E-state index in [2.05, 4.69) is 15.0 Å². The Morgan fingerprint density at radius 3 is 2.72 bits per heavy atom. The van der Waals surface area contributed by atoms with Gasteiger partial charge in [0.2, 0.25) is 5.91 Å². The highest BCUT2D eigenvalue weighted by Gasteiger charge is 2.49. The van der Waals surface area contributed by atoms with Gasteiger partial charge in [0.05, 0.1) is 18.2 Å². The van der Waals surface area contributed by atoms with E-state index >= 15 is 0 Å². The van der Waals surface area contributed by atoms with Crippen molar-refractivity contribution in [3.8, 4) is 0 Å². The van der Waals surface area contributed by atoms with Crippen molar-refractivity contribution in [2.75, 3.05) is 26.8 Å². The first kappa shape index (κ1) is 19.1. The molecule has 2 aliphatic rings. The van der Waals surface area contributed by atoms with Crippen molar-refractivity contribution in [1.82, 2.24) is 15.2 Å². The largest absolute Gasteiger partial charge is 0.465 e. The van der Waals surface area contributed by atoms with Gasteiger partial charge in [0.1, 0.15) is 18.4 Å². The minimum absolute atomic E-state index is 0.0344. The highest BCUT2D eigenvalue weighted by atomic mass is 16.5. The second-order valence-corrected chi connectivity index (χ2v) is 7.11. The summed E-state index contributed by atoms with van der Waals surface area (Å²) in [5, 5.41) is 3.10. The van der Waals surface area contributed by atoms with Crippen molar-refractivity contribution in [2.45, 2.75) is 18.1 Å². The molecule has 1 aromatic heterocycles. The van der Waals surface area contributed by atoms with Gasteiger partial charge < -0.3 is 19.7 Å². The van der Waals surface area contributed by atoms with Crippen LogP contribution in [0.15, 0.2) is 48.7 Å². The lowest BCUT2D eigenvalue weighted by atomic mass is 9.77. The summed E-state index contributed by atoms with van der Waals surface area (Å²) in [6.07, 6.45) is 1.49. The molecule has 0 saturated carbocycles. The Morgan fingerprint density at radius 1 is 1.24 bits per heavy atom. The molecule has 8 nitrogen and oxygen atoms in total. The summed E-state index contributed by atoms with van der Waals surface area (Å²) in [6.45, 7) is 0.732. The topological polar surface area (TPSA) is 97.8 Å². The maximum Gasteiger partial charge on any atom is 0.339 e. The number of hydrogen-bond donors (Lipinski definition) is 1. The number of nitrogens with zero attached hydrogens (tertiary/aromatic N) is 2. The van der Waals surface area contributed by atoms with Gasteiger partial charge in [-0.2, -0.15) is 0 Å². The van der Waals surface area contributed by atoms with Gasteiger partial charge in [-0.25, -0.2) is 4.79 Å². The van der Waals surface area contributed by atoms with Crippen molar-refractivity contribution in [3.63, 3.8) is 0 Å². The van der Waals surface area contributed by atoms with Crippen LogP contribution in [0.5, 0.6) is 0 Å². The number of hydrogen-bond acceptors (Lipinski definition) is 6. The van der Waals surface area contributed by atoms with Crippen LogP contribution in [0.25, 0.3) is 0 Å². The zero-order valence-corrected chi connectivity index (χ0v) is 16.0. The Bertz CT molecular complexity index is 931. The summed E-state index contributed by atoms with van der Waals surface area (Å²) in [7, 11) is 1.29. The normalized spacial score (nSPS) is 23.7. The fraction of sp³-hybridized carbons (Fsp3) is 0.333. The Balaban J connectivity index is 1.55. The molecular weight excluding hydrogens is 374 g/mol. The quantitative estimate of drug-likeness (QED) is 0.783. The average molecular weight is 395 g/mol. The molecule has 0 aliphatic carbocycles. The molecule has 3 heterocycles.